The highest BCUT2D eigenvalue weighted by atomic mass is 19.4. The molecule has 17 heavy (non-hydrogen) atoms. The van der Waals surface area contributed by atoms with Crippen LogP contribution in [0.25, 0.3) is 0 Å². The van der Waals surface area contributed by atoms with Gasteiger partial charge < -0.3 is 4.74 Å². The minimum Gasteiger partial charge on any atom is -0.466 e. The van der Waals surface area contributed by atoms with Crippen LogP contribution in [0.1, 0.15) is 24.8 Å². The van der Waals surface area contributed by atoms with E-state index in [0.717, 1.165) is 0 Å². The van der Waals surface area contributed by atoms with Crippen LogP contribution < -0.4 is 0 Å². The summed E-state index contributed by atoms with van der Waals surface area (Å²) in [7, 11) is 0. The van der Waals surface area contributed by atoms with Crippen LogP contribution in [0.2, 0.25) is 0 Å². The molecule has 0 fully saturated rings. The fourth-order valence-electron chi connectivity index (χ4n) is 1.49. The molecule has 0 saturated carbocycles. The fourth-order valence-corrected chi connectivity index (χ4v) is 1.49. The Labute approximate surface area is 97.4 Å². The van der Waals surface area contributed by atoms with Crippen molar-refractivity contribution in [2.24, 2.45) is 0 Å². The highest BCUT2D eigenvalue weighted by molar-refractivity contribution is 5.70. The number of alkyl halides is 3. The van der Waals surface area contributed by atoms with E-state index in [9.17, 15) is 18.0 Å². The normalized spacial score (nSPS) is 13.2. The van der Waals surface area contributed by atoms with E-state index in [2.05, 4.69) is 4.74 Å². The maximum Gasteiger partial charge on any atom is 0.396 e. The molecule has 1 unspecified atom stereocenters. The highest BCUT2D eigenvalue weighted by Crippen LogP contribution is 2.37. The molecule has 0 heterocycles. The lowest BCUT2D eigenvalue weighted by molar-refractivity contribution is -0.166. The van der Waals surface area contributed by atoms with E-state index in [0.29, 0.717) is 0 Å². The lowest BCUT2D eigenvalue weighted by atomic mass is 9.95. The number of halogens is 3. The second-order valence-corrected chi connectivity index (χ2v) is 3.51. The van der Waals surface area contributed by atoms with Gasteiger partial charge in [0, 0.05) is 0 Å². The summed E-state index contributed by atoms with van der Waals surface area (Å²) in [6, 6.07) is 7.37. The van der Waals surface area contributed by atoms with Gasteiger partial charge in [-0.25, -0.2) is 0 Å². The number of esters is 1. The van der Waals surface area contributed by atoms with Crippen LogP contribution in [-0.4, -0.2) is 18.8 Å². The van der Waals surface area contributed by atoms with Gasteiger partial charge in [-0.2, -0.15) is 13.2 Å². The first-order valence-electron chi connectivity index (χ1n) is 5.22. The van der Waals surface area contributed by atoms with E-state index >= 15 is 0 Å². The molecule has 94 valence electrons. The van der Waals surface area contributed by atoms with Crippen molar-refractivity contribution in [2.75, 3.05) is 6.61 Å². The van der Waals surface area contributed by atoms with Gasteiger partial charge in [-0.3, -0.25) is 4.79 Å². The molecule has 1 atom stereocenters. The van der Waals surface area contributed by atoms with Gasteiger partial charge in [-0.1, -0.05) is 30.3 Å². The Morgan fingerprint density at radius 1 is 1.29 bits per heavy atom. The predicted molar refractivity (Wildman–Crippen MR) is 56.5 cm³/mol. The van der Waals surface area contributed by atoms with Crippen molar-refractivity contribution in [1.29, 1.82) is 0 Å². The molecule has 1 aromatic rings. The minimum absolute atomic E-state index is 0.0769. The Hall–Kier alpha value is -1.52. The molecule has 0 aromatic heterocycles. The first kappa shape index (κ1) is 13.5. The van der Waals surface area contributed by atoms with Gasteiger partial charge in [0.05, 0.1) is 18.9 Å². The topological polar surface area (TPSA) is 26.3 Å². The number of hydrogen-bond acceptors (Lipinski definition) is 2. The predicted octanol–water partition coefficient (Wildman–Crippen LogP) is 3.29. The fraction of sp³-hybridized carbons (Fsp3) is 0.417. The van der Waals surface area contributed by atoms with Crippen molar-refractivity contribution in [3.05, 3.63) is 35.9 Å². The lowest BCUT2D eigenvalue weighted by Gasteiger charge is -2.19. The molecule has 0 aliphatic heterocycles. The summed E-state index contributed by atoms with van der Waals surface area (Å²) < 4.78 is 42.9. The van der Waals surface area contributed by atoms with Gasteiger partial charge in [-0.05, 0) is 12.5 Å². The van der Waals surface area contributed by atoms with Crippen LogP contribution in [0.5, 0.6) is 0 Å². The van der Waals surface area contributed by atoms with Crippen molar-refractivity contribution in [1.82, 2.24) is 0 Å². The van der Waals surface area contributed by atoms with E-state index < -0.39 is 24.5 Å². The molecular weight excluding hydrogens is 233 g/mol. The standard InChI is InChI=1S/C12H13F3O2/c1-2-17-11(16)8-10(12(13,14)15)9-6-4-3-5-7-9/h3-7,10H,2,8H2,1H3. The van der Waals surface area contributed by atoms with E-state index in [-0.39, 0.29) is 12.2 Å². The average molecular weight is 246 g/mol. The van der Waals surface area contributed by atoms with Crippen molar-refractivity contribution in [2.45, 2.75) is 25.4 Å². The molecule has 5 heteroatoms. The number of rotatable bonds is 4. The second-order valence-electron chi connectivity index (χ2n) is 3.51. The van der Waals surface area contributed by atoms with Gasteiger partial charge in [-0.15, -0.1) is 0 Å². The Balaban J connectivity index is 2.87. The maximum atomic E-state index is 12.8. The Bertz CT molecular complexity index is 360. The van der Waals surface area contributed by atoms with Crippen molar-refractivity contribution in [3.63, 3.8) is 0 Å². The van der Waals surface area contributed by atoms with Gasteiger partial charge in [0.1, 0.15) is 0 Å². The van der Waals surface area contributed by atoms with Crippen LogP contribution in [0.3, 0.4) is 0 Å². The van der Waals surface area contributed by atoms with Crippen LogP contribution in [0, 0.1) is 0 Å². The third-order valence-electron chi connectivity index (χ3n) is 2.27. The Morgan fingerprint density at radius 2 is 1.88 bits per heavy atom. The molecule has 1 aromatic carbocycles. The molecule has 0 spiro atoms. The molecule has 0 aliphatic rings. The summed E-state index contributed by atoms with van der Waals surface area (Å²) in [6.45, 7) is 1.64. The second kappa shape index (κ2) is 5.70. The van der Waals surface area contributed by atoms with Gasteiger partial charge in [0.15, 0.2) is 0 Å². The molecule has 0 aliphatic carbocycles. The molecule has 2 nitrogen and oxygen atoms in total. The van der Waals surface area contributed by atoms with Crippen LogP contribution in [0.4, 0.5) is 13.2 Å². The lowest BCUT2D eigenvalue weighted by Crippen LogP contribution is -2.24. The average Bonchev–Trinajstić information content (AvgIpc) is 2.26. The first-order valence-corrected chi connectivity index (χ1v) is 5.22. The number of ether oxygens (including phenoxy) is 1. The Kier molecular flexibility index (Phi) is 4.54. The zero-order chi connectivity index (χ0) is 12.9. The number of benzene rings is 1. The van der Waals surface area contributed by atoms with E-state index in [1.165, 1.54) is 24.3 Å². The van der Waals surface area contributed by atoms with E-state index in [1.54, 1.807) is 13.0 Å². The third kappa shape index (κ3) is 4.09. The van der Waals surface area contributed by atoms with Gasteiger partial charge in [0.2, 0.25) is 0 Å². The van der Waals surface area contributed by atoms with Crippen LogP contribution in [0.15, 0.2) is 30.3 Å². The first-order chi connectivity index (χ1) is 7.95. The SMILES string of the molecule is CCOC(=O)CC(c1ccccc1)C(F)(F)F. The van der Waals surface area contributed by atoms with E-state index in [4.69, 9.17) is 0 Å². The summed E-state index contributed by atoms with van der Waals surface area (Å²) in [5, 5.41) is 0. The molecule has 0 amide bonds. The number of hydrogen-bond donors (Lipinski definition) is 0. The summed E-state index contributed by atoms with van der Waals surface area (Å²) >= 11 is 0. The maximum absolute atomic E-state index is 12.8. The highest BCUT2D eigenvalue weighted by Gasteiger charge is 2.42. The number of carbonyl (C=O) groups excluding carboxylic acids is 1. The van der Waals surface area contributed by atoms with Gasteiger partial charge in [0.25, 0.3) is 0 Å². The monoisotopic (exact) mass is 246 g/mol. The van der Waals surface area contributed by atoms with Crippen molar-refractivity contribution < 1.29 is 22.7 Å². The third-order valence-corrected chi connectivity index (χ3v) is 2.27. The Morgan fingerprint density at radius 3 is 2.35 bits per heavy atom. The molecule has 0 N–H and O–H groups in total. The molecule has 1 rings (SSSR count). The quantitative estimate of drug-likeness (QED) is 0.762. The zero-order valence-electron chi connectivity index (χ0n) is 9.33. The summed E-state index contributed by atoms with van der Waals surface area (Å²) in [4.78, 5) is 11.2. The van der Waals surface area contributed by atoms with Crippen LogP contribution in [-0.2, 0) is 9.53 Å². The van der Waals surface area contributed by atoms with Crippen molar-refractivity contribution in [3.8, 4) is 0 Å². The van der Waals surface area contributed by atoms with Gasteiger partial charge >= 0.3 is 12.1 Å². The molecular formula is C12H13F3O2. The summed E-state index contributed by atoms with van der Waals surface area (Å²) in [6.07, 6.45) is -5.13. The minimum atomic E-state index is -4.45. The van der Waals surface area contributed by atoms with Crippen molar-refractivity contribution >= 4 is 5.97 Å². The molecule has 0 bridgehead atoms. The largest absolute Gasteiger partial charge is 0.466 e. The van der Waals surface area contributed by atoms with Crippen LogP contribution >= 0.6 is 0 Å². The summed E-state index contributed by atoms with van der Waals surface area (Å²) in [5.41, 5.74) is 0.0769. The summed E-state index contributed by atoms with van der Waals surface area (Å²) in [5.74, 6) is -2.64. The smallest absolute Gasteiger partial charge is 0.396 e. The number of carbonyl (C=O) groups is 1. The van der Waals surface area contributed by atoms with E-state index in [1.807, 2.05) is 0 Å². The molecule has 0 radical (unpaired) electrons. The molecule has 0 saturated heterocycles. The zero-order valence-corrected chi connectivity index (χ0v) is 9.33.